The maximum Gasteiger partial charge on any atom is 0.315 e. The number of carbonyl (C=O) groups excluding carboxylic acids is 2. The highest BCUT2D eigenvalue weighted by molar-refractivity contribution is 5.84. The van der Waals surface area contributed by atoms with Crippen LogP contribution >= 0.6 is 0 Å². The molecule has 2 rings (SSSR count). The van der Waals surface area contributed by atoms with E-state index in [-0.39, 0.29) is 23.6 Å². The van der Waals surface area contributed by atoms with Gasteiger partial charge in [-0.1, -0.05) is 18.2 Å². The van der Waals surface area contributed by atoms with E-state index in [9.17, 15) is 14.0 Å². The Bertz CT molecular complexity index is 650. The molecule has 0 radical (unpaired) electrons. The number of ether oxygens (including phenoxy) is 2. The van der Waals surface area contributed by atoms with Crippen LogP contribution in [0.25, 0.3) is 0 Å². The summed E-state index contributed by atoms with van der Waals surface area (Å²) in [6.07, 6.45) is 0.555. The Kier molecular flexibility index (Phi) is 4.66. The Labute approximate surface area is 121 Å². The first-order valence-corrected chi connectivity index (χ1v) is 6.21. The molecule has 0 saturated heterocycles. The fourth-order valence-electron chi connectivity index (χ4n) is 1.81. The van der Waals surface area contributed by atoms with Gasteiger partial charge in [0.15, 0.2) is 17.8 Å². The molecule has 0 aliphatic carbocycles. The van der Waals surface area contributed by atoms with E-state index in [1.54, 1.807) is 12.1 Å². The van der Waals surface area contributed by atoms with E-state index in [0.717, 1.165) is 0 Å². The van der Waals surface area contributed by atoms with Gasteiger partial charge < -0.3 is 9.47 Å². The molecule has 2 aromatic carbocycles. The summed E-state index contributed by atoms with van der Waals surface area (Å²) in [6, 6.07) is 10.3. The molecule has 0 N–H and O–H groups in total. The van der Waals surface area contributed by atoms with Crippen LogP contribution in [-0.4, -0.2) is 19.4 Å². The van der Waals surface area contributed by atoms with E-state index in [0.29, 0.717) is 17.6 Å². The van der Waals surface area contributed by atoms with Crippen LogP contribution in [-0.2, 0) is 11.2 Å². The van der Waals surface area contributed by atoms with Gasteiger partial charge in [0, 0.05) is 0 Å². The van der Waals surface area contributed by atoms with Crippen LogP contribution in [0.4, 0.5) is 4.39 Å². The van der Waals surface area contributed by atoms with Crippen LogP contribution < -0.4 is 9.47 Å². The molecule has 0 aliphatic rings. The van der Waals surface area contributed by atoms with E-state index in [1.807, 2.05) is 0 Å². The second kappa shape index (κ2) is 6.65. The van der Waals surface area contributed by atoms with Gasteiger partial charge in [-0.05, 0) is 29.8 Å². The number of hydrogen-bond donors (Lipinski definition) is 0. The van der Waals surface area contributed by atoms with Crippen molar-refractivity contribution in [3.8, 4) is 11.5 Å². The SMILES string of the molecule is COc1cccc(C=O)c1OC(=O)Cc1ccc(F)cc1. The summed E-state index contributed by atoms with van der Waals surface area (Å²) in [5, 5.41) is 0. The lowest BCUT2D eigenvalue weighted by atomic mass is 10.1. The third kappa shape index (κ3) is 3.66. The minimum absolute atomic E-state index is 0.0311. The van der Waals surface area contributed by atoms with Crippen molar-refractivity contribution >= 4 is 12.3 Å². The monoisotopic (exact) mass is 288 g/mol. The fraction of sp³-hybridized carbons (Fsp3) is 0.125. The van der Waals surface area contributed by atoms with Gasteiger partial charge in [-0.2, -0.15) is 0 Å². The van der Waals surface area contributed by atoms with Gasteiger partial charge in [-0.25, -0.2) is 4.39 Å². The smallest absolute Gasteiger partial charge is 0.315 e. The van der Waals surface area contributed by atoms with Gasteiger partial charge in [0.2, 0.25) is 0 Å². The molecule has 108 valence electrons. The topological polar surface area (TPSA) is 52.6 Å². The lowest BCUT2D eigenvalue weighted by molar-refractivity contribution is -0.133. The minimum Gasteiger partial charge on any atom is -0.493 e. The van der Waals surface area contributed by atoms with Crippen LogP contribution in [0.3, 0.4) is 0 Å². The second-order valence-corrected chi connectivity index (χ2v) is 4.27. The predicted octanol–water partition coefficient (Wildman–Crippen LogP) is 2.79. The molecule has 0 aliphatic heterocycles. The maximum absolute atomic E-state index is 12.8. The van der Waals surface area contributed by atoms with Gasteiger partial charge in [-0.3, -0.25) is 9.59 Å². The predicted molar refractivity (Wildman–Crippen MR) is 74.1 cm³/mol. The van der Waals surface area contributed by atoms with E-state index < -0.39 is 5.97 Å². The summed E-state index contributed by atoms with van der Waals surface area (Å²) >= 11 is 0. The van der Waals surface area contributed by atoms with Gasteiger partial charge in [0.25, 0.3) is 0 Å². The van der Waals surface area contributed by atoms with Crippen LogP contribution in [0.2, 0.25) is 0 Å². The van der Waals surface area contributed by atoms with Crippen molar-refractivity contribution in [1.82, 2.24) is 0 Å². The third-order valence-corrected chi connectivity index (χ3v) is 2.83. The van der Waals surface area contributed by atoms with Gasteiger partial charge in [-0.15, -0.1) is 0 Å². The van der Waals surface area contributed by atoms with Crippen molar-refractivity contribution in [2.75, 3.05) is 7.11 Å². The highest BCUT2D eigenvalue weighted by Gasteiger charge is 2.15. The van der Waals surface area contributed by atoms with Crippen molar-refractivity contribution < 1.29 is 23.5 Å². The first kappa shape index (κ1) is 14.7. The van der Waals surface area contributed by atoms with E-state index in [4.69, 9.17) is 9.47 Å². The molecule has 5 heteroatoms. The molecule has 0 aromatic heterocycles. The van der Waals surface area contributed by atoms with E-state index >= 15 is 0 Å². The lowest BCUT2D eigenvalue weighted by Crippen LogP contribution is -2.13. The first-order valence-electron chi connectivity index (χ1n) is 6.21. The third-order valence-electron chi connectivity index (χ3n) is 2.83. The quantitative estimate of drug-likeness (QED) is 0.482. The van der Waals surface area contributed by atoms with E-state index in [1.165, 1.54) is 37.4 Å². The number of methoxy groups -OCH3 is 1. The summed E-state index contributed by atoms with van der Waals surface area (Å²) in [6.45, 7) is 0. The molecule has 0 spiro atoms. The van der Waals surface area contributed by atoms with Crippen molar-refractivity contribution in [3.05, 3.63) is 59.4 Å². The normalized spacial score (nSPS) is 10.0. The van der Waals surface area contributed by atoms with Crippen LogP contribution in [0, 0.1) is 5.82 Å². The number of aldehydes is 1. The summed E-state index contributed by atoms with van der Waals surface area (Å²) in [5.41, 5.74) is 0.839. The molecule has 4 nitrogen and oxygen atoms in total. The molecular formula is C16H13FO4. The molecule has 0 bridgehead atoms. The zero-order valence-corrected chi connectivity index (χ0v) is 11.3. The molecule has 0 heterocycles. The van der Waals surface area contributed by atoms with Gasteiger partial charge in [0.05, 0.1) is 19.1 Å². The number of benzene rings is 2. The average molecular weight is 288 g/mol. The highest BCUT2D eigenvalue weighted by atomic mass is 19.1. The van der Waals surface area contributed by atoms with Crippen molar-refractivity contribution in [2.24, 2.45) is 0 Å². The lowest BCUT2D eigenvalue weighted by Gasteiger charge is -2.11. The maximum atomic E-state index is 12.8. The number of esters is 1. The van der Waals surface area contributed by atoms with Gasteiger partial charge >= 0.3 is 5.97 Å². The van der Waals surface area contributed by atoms with Crippen molar-refractivity contribution in [1.29, 1.82) is 0 Å². The highest BCUT2D eigenvalue weighted by Crippen LogP contribution is 2.30. The fourth-order valence-corrected chi connectivity index (χ4v) is 1.81. The van der Waals surface area contributed by atoms with Crippen LogP contribution in [0.1, 0.15) is 15.9 Å². The summed E-state index contributed by atoms with van der Waals surface area (Å²) in [4.78, 5) is 22.9. The molecule has 21 heavy (non-hydrogen) atoms. The van der Waals surface area contributed by atoms with E-state index in [2.05, 4.69) is 0 Å². The zero-order chi connectivity index (χ0) is 15.2. The number of hydrogen-bond acceptors (Lipinski definition) is 4. The second-order valence-electron chi connectivity index (χ2n) is 4.27. The minimum atomic E-state index is -0.561. The Balaban J connectivity index is 2.16. The molecule has 0 amide bonds. The van der Waals surface area contributed by atoms with Crippen molar-refractivity contribution in [3.63, 3.8) is 0 Å². The Hall–Kier alpha value is -2.69. The molecule has 0 fully saturated rings. The number of para-hydroxylation sites is 1. The van der Waals surface area contributed by atoms with Gasteiger partial charge in [0.1, 0.15) is 5.82 Å². The number of carbonyl (C=O) groups is 2. The Morgan fingerprint density at radius 1 is 1.19 bits per heavy atom. The molecule has 0 saturated carbocycles. The molecule has 0 unspecified atom stereocenters. The molecule has 2 aromatic rings. The summed E-state index contributed by atoms with van der Waals surface area (Å²) < 4.78 is 23.1. The summed E-state index contributed by atoms with van der Waals surface area (Å²) in [7, 11) is 1.42. The van der Waals surface area contributed by atoms with Crippen molar-refractivity contribution in [2.45, 2.75) is 6.42 Å². The largest absolute Gasteiger partial charge is 0.493 e. The molecule has 0 atom stereocenters. The Morgan fingerprint density at radius 3 is 2.52 bits per heavy atom. The summed E-state index contributed by atoms with van der Waals surface area (Å²) in [5.74, 6) is -0.552. The van der Waals surface area contributed by atoms with Crippen LogP contribution in [0.5, 0.6) is 11.5 Å². The zero-order valence-electron chi connectivity index (χ0n) is 11.3. The number of halogens is 1. The first-order chi connectivity index (χ1) is 10.1. The van der Waals surface area contributed by atoms with Crippen LogP contribution in [0.15, 0.2) is 42.5 Å². The number of rotatable bonds is 5. The molecular weight excluding hydrogens is 275 g/mol. The average Bonchev–Trinajstić information content (AvgIpc) is 2.49. The standard InChI is InChI=1S/C16H13FO4/c1-20-14-4-2-3-12(10-18)16(14)21-15(19)9-11-5-7-13(17)8-6-11/h2-8,10H,9H2,1H3. The Morgan fingerprint density at radius 2 is 1.90 bits per heavy atom.